The number of aliphatic hydroxyl groups excluding tert-OH is 1. The molecule has 0 radical (unpaired) electrons. The van der Waals surface area contributed by atoms with Crippen LogP contribution in [0.3, 0.4) is 0 Å². The summed E-state index contributed by atoms with van der Waals surface area (Å²) in [5, 5.41) is 12.8. The zero-order valence-electron chi connectivity index (χ0n) is 12.3. The van der Waals surface area contributed by atoms with Crippen LogP contribution < -0.4 is 10.1 Å². The summed E-state index contributed by atoms with van der Waals surface area (Å²) < 4.78 is 6.02. The Labute approximate surface area is 125 Å². The van der Waals surface area contributed by atoms with Crippen molar-refractivity contribution < 1.29 is 14.6 Å². The smallest absolute Gasteiger partial charge is 0.230 e. The second-order valence-corrected chi connectivity index (χ2v) is 6.11. The molecule has 21 heavy (non-hydrogen) atoms. The maximum absolute atomic E-state index is 12.3. The van der Waals surface area contributed by atoms with E-state index in [0.29, 0.717) is 5.69 Å². The minimum atomic E-state index is -0.507. The number of hydrogen-bond donors (Lipinski definition) is 2. The van der Waals surface area contributed by atoms with Gasteiger partial charge in [0, 0.05) is 0 Å². The van der Waals surface area contributed by atoms with E-state index in [2.05, 4.69) is 5.32 Å². The van der Waals surface area contributed by atoms with Crippen LogP contribution in [-0.2, 0) is 4.79 Å². The number of anilines is 1. The normalized spacial score (nSPS) is 26.0. The fraction of sp³-hybridized carbons (Fsp3) is 0.588. The van der Waals surface area contributed by atoms with Crippen LogP contribution in [-0.4, -0.2) is 23.2 Å². The lowest BCUT2D eigenvalue weighted by molar-refractivity contribution is -0.122. The van der Waals surface area contributed by atoms with Crippen LogP contribution in [0.1, 0.15) is 44.9 Å². The number of aliphatic hydroxyl groups is 1. The topological polar surface area (TPSA) is 58.6 Å². The lowest BCUT2D eigenvalue weighted by atomic mass is 10.1. The first kappa shape index (κ1) is 14.4. The Kier molecular flexibility index (Phi) is 4.44. The van der Waals surface area contributed by atoms with E-state index in [4.69, 9.17) is 4.74 Å². The van der Waals surface area contributed by atoms with Crippen LogP contribution in [0.2, 0.25) is 0 Å². The predicted molar refractivity (Wildman–Crippen MR) is 81.3 cm³/mol. The highest BCUT2D eigenvalue weighted by Gasteiger charge is 2.31. The van der Waals surface area contributed by atoms with Crippen molar-refractivity contribution in [2.24, 2.45) is 5.92 Å². The molecule has 0 heterocycles. The fourth-order valence-corrected chi connectivity index (χ4v) is 3.33. The van der Waals surface area contributed by atoms with Gasteiger partial charge in [-0.05, 0) is 57.1 Å². The predicted octanol–water partition coefficient (Wildman–Crippen LogP) is 3.11. The van der Waals surface area contributed by atoms with Crippen molar-refractivity contribution in [1.82, 2.24) is 0 Å². The SMILES string of the molecule is O=C(Nc1ccccc1OC1CCCC1)C1CCCC1O. The number of hydrogen-bond acceptors (Lipinski definition) is 3. The monoisotopic (exact) mass is 289 g/mol. The van der Waals surface area contributed by atoms with Gasteiger partial charge in [-0.2, -0.15) is 0 Å². The average molecular weight is 289 g/mol. The van der Waals surface area contributed by atoms with Crippen molar-refractivity contribution in [3.8, 4) is 5.75 Å². The van der Waals surface area contributed by atoms with Crippen LogP contribution in [0.5, 0.6) is 5.75 Å². The first-order valence-electron chi connectivity index (χ1n) is 7.98. The maximum atomic E-state index is 12.3. The van der Waals surface area contributed by atoms with E-state index in [1.807, 2.05) is 24.3 Å². The van der Waals surface area contributed by atoms with Crippen molar-refractivity contribution in [3.05, 3.63) is 24.3 Å². The molecule has 0 aliphatic heterocycles. The molecule has 2 saturated carbocycles. The molecule has 0 saturated heterocycles. The standard InChI is InChI=1S/C17H23NO3/c19-15-10-5-8-13(15)17(20)18-14-9-3-4-11-16(14)21-12-6-1-2-7-12/h3-4,9,11-13,15,19H,1-2,5-8,10H2,(H,18,20). The number of carbonyl (C=O) groups excluding carboxylic acids is 1. The van der Waals surface area contributed by atoms with Crippen molar-refractivity contribution in [2.75, 3.05) is 5.32 Å². The highest BCUT2D eigenvalue weighted by molar-refractivity contribution is 5.94. The van der Waals surface area contributed by atoms with E-state index in [-0.39, 0.29) is 17.9 Å². The summed E-state index contributed by atoms with van der Waals surface area (Å²) in [6, 6.07) is 7.58. The molecule has 1 amide bonds. The van der Waals surface area contributed by atoms with Crippen molar-refractivity contribution in [3.63, 3.8) is 0 Å². The quantitative estimate of drug-likeness (QED) is 0.895. The van der Waals surface area contributed by atoms with Gasteiger partial charge in [-0.3, -0.25) is 4.79 Å². The van der Waals surface area contributed by atoms with Gasteiger partial charge in [0.15, 0.2) is 0 Å². The molecular formula is C17H23NO3. The summed E-state index contributed by atoms with van der Waals surface area (Å²) in [5.41, 5.74) is 0.716. The minimum Gasteiger partial charge on any atom is -0.488 e. The van der Waals surface area contributed by atoms with Crippen molar-refractivity contribution >= 4 is 11.6 Å². The van der Waals surface area contributed by atoms with Gasteiger partial charge in [0.2, 0.25) is 5.91 Å². The number of benzene rings is 1. The van der Waals surface area contributed by atoms with Gasteiger partial charge in [0.25, 0.3) is 0 Å². The van der Waals surface area contributed by atoms with Gasteiger partial charge in [-0.25, -0.2) is 0 Å². The Balaban J connectivity index is 1.68. The zero-order chi connectivity index (χ0) is 14.7. The van der Waals surface area contributed by atoms with E-state index in [1.165, 1.54) is 12.8 Å². The molecule has 4 nitrogen and oxygen atoms in total. The van der Waals surface area contributed by atoms with Crippen molar-refractivity contribution in [1.29, 1.82) is 0 Å². The first-order valence-corrected chi connectivity index (χ1v) is 7.98. The Hall–Kier alpha value is -1.55. The fourth-order valence-electron chi connectivity index (χ4n) is 3.33. The minimum absolute atomic E-state index is 0.0949. The van der Waals surface area contributed by atoms with E-state index >= 15 is 0 Å². The Morgan fingerprint density at radius 2 is 1.86 bits per heavy atom. The molecule has 2 aliphatic carbocycles. The molecule has 2 unspecified atom stereocenters. The van der Waals surface area contributed by atoms with Crippen molar-refractivity contribution in [2.45, 2.75) is 57.2 Å². The van der Waals surface area contributed by atoms with E-state index in [9.17, 15) is 9.90 Å². The second kappa shape index (κ2) is 6.48. The summed E-state index contributed by atoms with van der Waals surface area (Å²) in [7, 11) is 0. The summed E-state index contributed by atoms with van der Waals surface area (Å²) in [4.78, 5) is 12.3. The third-order valence-corrected chi connectivity index (χ3v) is 4.56. The van der Waals surface area contributed by atoms with E-state index < -0.39 is 6.10 Å². The number of ether oxygens (including phenoxy) is 1. The third kappa shape index (κ3) is 3.38. The summed E-state index contributed by atoms with van der Waals surface area (Å²) in [6.07, 6.45) is 6.76. The van der Waals surface area contributed by atoms with Crippen LogP contribution in [0, 0.1) is 5.92 Å². The molecular weight excluding hydrogens is 266 g/mol. The van der Waals surface area contributed by atoms with Crippen LogP contribution >= 0.6 is 0 Å². The van der Waals surface area contributed by atoms with Gasteiger partial charge >= 0.3 is 0 Å². The number of carbonyl (C=O) groups is 1. The number of para-hydroxylation sites is 2. The van der Waals surface area contributed by atoms with Gasteiger partial charge in [0.1, 0.15) is 5.75 Å². The van der Waals surface area contributed by atoms with Crippen LogP contribution in [0.15, 0.2) is 24.3 Å². The van der Waals surface area contributed by atoms with Gasteiger partial charge in [0.05, 0.1) is 23.8 Å². The number of nitrogens with one attached hydrogen (secondary N) is 1. The molecule has 3 rings (SSSR count). The lowest BCUT2D eigenvalue weighted by Crippen LogP contribution is -2.29. The molecule has 2 N–H and O–H groups in total. The molecule has 2 atom stereocenters. The third-order valence-electron chi connectivity index (χ3n) is 4.56. The largest absolute Gasteiger partial charge is 0.488 e. The molecule has 0 aromatic heterocycles. The number of amides is 1. The second-order valence-electron chi connectivity index (χ2n) is 6.11. The summed E-state index contributed by atoms with van der Waals surface area (Å²) in [5.74, 6) is 0.359. The molecule has 1 aromatic carbocycles. The van der Waals surface area contributed by atoms with E-state index in [0.717, 1.165) is 37.9 Å². The Morgan fingerprint density at radius 1 is 1.10 bits per heavy atom. The average Bonchev–Trinajstić information content (AvgIpc) is 3.12. The molecule has 0 spiro atoms. The van der Waals surface area contributed by atoms with Gasteiger partial charge < -0.3 is 15.2 Å². The number of rotatable bonds is 4. The lowest BCUT2D eigenvalue weighted by Gasteiger charge is -2.19. The summed E-state index contributed by atoms with van der Waals surface area (Å²) >= 11 is 0. The van der Waals surface area contributed by atoms with Gasteiger partial charge in [-0.15, -0.1) is 0 Å². The van der Waals surface area contributed by atoms with E-state index in [1.54, 1.807) is 0 Å². The maximum Gasteiger partial charge on any atom is 0.230 e. The summed E-state index contributed by atoms with van der Waals surface area (Å²) in [6.45, 7) is 0. The molecule has 0 bridgehead atoms. The molecule has 114 valence electrons. The highest BCUT2D eigenvalue weighted by Crippen LogP contribution is 2.32. The van der Waals surface area contributed by atoms with Gasteiger partial charge in [-0.1, -0.05) is 12.1 Å². The molecule has 4 heteroatoms. The van der Waals surface area contributed by atoms with Crippen LogP contribution in [0.4, 0.5) is 5.69 Å². The Morgan fingerprint density at radius 3 is 2.57 bits per heavy atom. The zero-order valence-corrected chi connectivity index (χ0v) is 12.3. The highest BCUT2D eigenvalue weighted by atomic mass is 16.5. The Bertz CT molecular complexity index is 497. The first-order chi connectivity index (χ1) is 10.2. The molecule has 2 aliphatic rings. The molecule has 2 fully saturated rings. The molecule has 1 aromatic rings. The van der Waals surface area contributed by atoms with Crippen LogP contribution in [0.25, 0.3) is 0 Å².